The average molecular weight is 213 g/mol. The SMILES string of the molecule is NCC1CCc2cccc(-n3cccn3)c21. The topological polar surface area (TPSA) is 43.8 Å². The smallest absolute Gasteiger partial charge is 0.0683 e. The fourth-order valence-corrected chi connectivity index (χ4v) is 2.61. The highest BCUT2D eigenvalue weighted by Crippen LogP contribution is 2.36. The first-order chi connectivity index (χ1) is 7.90. The lowest BCUT2D eigenvalue weighted by molar-refractivity contribution is 0.681. The quantitative estimate of drug-likeness (QED) is 0.827. The lowest BCUT2D eigenvalue weighted by atomic mass is 9.99. The Bertz CT molecular complexity index is 488. The molecule has 3 nitrogen and oxygen atoms in total. The molecule has 16 heavy (non-hydrogen) atoms. The van der Waals surface area contributed by atoms with Gasteiger partial charge in [0.2, 0.25) is 0 Å². The Balaban J connectivity index is 2.17. The van der Waals surface area contributed by atoms with E-state index in [1.54, 1.807) is 0 Å². The van der Waals surface area contributed by atoms with Crippen molar-refractivity contribution >= 4 is 0 Å². The average Bonchev–Trinajstić information content (AvgIpc) is 2.97. The van der Waals surface area contributed by atoms with E-state index in [1.165, 1.54) is 23.2 Å². The minimum Gasteiger partial charge on any atom is -0.330 e. The standard InChI is InChI=1S/C13H15N3/c14-9-11-6-5-10-3-1-4-12(13(10)11)16-8-2-7-15-16/h1-4,7-8,11H,5-6,9,14H2. The molecule has 0 saturated carbocycles. The van der Waals surface area contributed by atoms with E-state index in [0.29, 0.717) is 5.92 Å². The lowest BCUT2D eigenvalue weighted by Gasteiger charge is -2.14. The molecule has 0 radical (unpaired) electrons. The van der Waals surface area contributed by atoms with E-state index in [1.807, 2.05) is 23.1 Å². The van der Waals surface area contributed by atoms with E-state index < -0.39 is 0 Å². The molecule has 0 aliphatic heterocycles. The normalized spacial score (nSPS) is 18.7. The van der Waals surface area contributed by atoms with Crippen molar-refractivity contribution in [2.24, 2.45) is 5.73 Å². The van der Waals surface area contributed by atoms with Gasteiger partial charge in [0.15, 0.2) is 0 Å². The zero-order chi connectivity index (χ0) is 11.0. The van der Waals surface area contributed by atoms with E-state index in [0.717, 1.165) is 13.0 Å². The predicted molar refractivity (Wildman–Crippen MR) is 63.7 cm³/mol. The first kappa shape index (κ1) is 9.60. The highest BCUT2D eigenvalue weighted by Gasteiger charge is 2.24. The Morgan fingerprint density at radius 3 is 3.06 bits per heavy atom. The van der Waals surface area contributed by atoms with Crippen LogP contribution in [-0.2, 0) is 6.42 Å². The Labute approximate surface area is 94.9 Å². The highest BCUT2D eigenvalue weighted by molar-refractivity contribution is 5.50. The van der Waals surface area contributed by atoms with Crippen LogP contribution in [0.15, 0.2) is 36.7 Å². The van der Waals surface area contributed by atoms with Gasteiger partial charge in [0.25, 0.3) is 0 Å². The van der Waals surface area contributed by atoms with Gasteiger partial charge in [0, 0.05) is 12.4 Å². The first-order valence-electron chi connectivity index (χ1n) is 5.72. The molecule has 1 aliphatic carbocycles. The summed E-state index contributed by atoms with van der Waals surface area (Å²) in [6.45, 7) is 0.727. The van der Waals surface area contributed by atoms with Crippen LogP contribution in [0.4, 0.5) is 0 Å². The number of aryl methyl sites for hydroxylation is 1. The van der Waals surface area contributed by atoms with Crippen molar-refractivity contribution in [3.63, 3.8) is 0 Å². The van der Waals surface area contributed by atoms with Crippen molar-refractivity contribution in [3.05, 3.63) is 47.8 Å². The monoisotopic (exact) mass is 213 g/mol. The third-order valence-electron chi connectivity index (χ3n) is 3.38. The summed E-state index contributed by atoms with van der Waals surface area (Å²) in [5.74, 6) is 0.496. The van der Waals surface area contributed by atoms with Gasteiger partial charge in [-0.25, -0.2) is 4.68 Å². The zero-order valence-electron chi connectivity index (χ0n) is 9.13. The predicted octanol–water partition coefficient (Wildman–Crippen LogP) is 1.86. The molecule has 1 aromatic heterocycles. The van der Waals surface area contributed by atoms with Crippen molar-refractivity contribution in [1.82, 2.24) is 9.78 Å². The molecule has 1 aliphatic rings. The summed E-state index contributed by atoms with van der Waals surface area (Å²) in [6.07, 6.45) is 6.11. The van der Waals surface area contributed by atoms with Gasteiger partial charge < -0.3 is 5.73 Å². The van der Waals surface area contributed by atoms with E-state index in [4.69, 9.17) is 5.73 Å². The lowest BCUT2D eigenvalue weighted by Crippen LogP contribution is -2.12. The first-order valence-corrected chi connectivity index (χ1v) is 5.72. The van der Waals surface area contributed by atoms with Crippen LogP contribution < -0.4 is 5.73 Å². The number of aromatic nitrogens is 2. The third-order valence-corrected chi connectivity index (χ3v) is 3.38. The number of hydrogen-bond donors (Lipinski definition) is 1. The zero-order valence-corrected chi connectivity index (χ0v) is 9.13. The van der Waals surface area contributed by atoms with Crippen LogP contribution in [0.5, 0.6) is 0 Å². The van der Waals surface area contributed by atoms with E-state index in [-0.39, 0.29) is 0 Å². The molecule has 0 fully saturated rings. The van der Waals surface area contributed by atoms with Gasteiger partial charge in [0.05, 0.1) is 5.69 Å². The molecular weight excluding hydrogens is 198 g/mol. The summed E-state index contributed by atoms with van der Waals surface area (Å²) < 4.78 is 1.94. The van der Waals surface area contributed by atoms with Crippen LogP contribution in [0, 0.1) is 0 Å². The molecule has 1 unspecified atom stereocenters. The minimum atomic E-state index is 0.496. The van der Waals surface area contributed by atoms with Crippen LogP contribution in [0.1, 0.15) is 23.5 Å². The van der Waals surface area contributed by atoms with Crippen LogP contribution in [0.25, 0.3) is 5.69 Å². The molecule has 2 N–H and O–H groups in total. The summed E-state index contributed by atoms with van der Waals surface area (Å²) in [4.78, 5) is 0. The summed E-state index contributed by atoms with van der Waals surface area (Å²) >= 11 is 0. The third kappa shape index (κ3) is 1.36. The van der Waals surface area contributed by atoms with Gasteiger partial charge in [-0.05, 0) is 48.6 Å². The van der Waals surface area contributed by atoms with Crippen LogP contribution in [-0.4, -0.2) is 16.3 Å². The van der Waals surface area contributed by atoms with Gasteiger partial charge in [-0.1, -0.05) is 12.1 Å². The number of rotatable bonds is 2. The fourth-order valence-electron chi connectivity index (χ4n) is 2.61. The number of benzene rings is 1. The molecule has 3 rings (SSSR count). The summed E-state index contributed by atoms with van der Waals surface area (Å²) in [5, 5.41) is 4.31. The van der Waals surface area contributed by atoms with Crippen molar-refractivity contribution in [2.75, 3.05) is 6.54 Å². The molecule has 1 aromatic carbocycles. The molecule has 1 atom stereocenters. The molecular formula is C13H15N3. The summed E-state index contributed by atoms with van der Waals surface area (Å²) in [6, 6.07) is 8.39. The fraction of sp³-hybridized carbons (Fsp3) is 0.308. The van der Waals surface area contributed by atoms with Crippen LogP contribution >= 0.6 is 0 Å². The molecule has 82 valence electrons. The van der Waals surface area contributed by atoms with Crippen molar-refractivity contribution in [2.45, 2.75) is 18.8 Å². The maximum absolute atomic E-state index is 5.84. The summed E-state index contributed by atoms with van der Waals surface area (Å²) in [7, 11) is 0. The van der Waals surface area contributed by atoms with Crippen molar-refractivity contribution in [3.8, 4) is 5.69 Å². The maximum Gasteiger partial charge on any atom is 0.0683 e. The number of nitrogens with two attached hydrogens (primary N) is 1. The molecule has 2 aromatic rings. The number of hydrogen-bond acceptors (Lipinski definition) is 2. The molecule has 0 spiro atoms. The Hall–Kier alpha value is -1.61. The highest BCUT2D eigenvalue weighted by atomic mass is 15.3. The Morgan fingerprint density at radius 1 is 1.38 bits per heavy atom. The largest absolute Gasteiger partial charge is 0.330 e. The molecule has 1 heterocycles. The summed E-state index contributed by atoms with van der Waals surface area (Å²) in [5.41, 5.74) is 9.86. The van der Waals surface area contributed by atoms with Gasteiger partial charge in [-0.2, -0.15) is 5.10 Å². The second-order valence-electron chi connectivity index (χ2n) is 4.27. The molecule has 0 bridgehead atoms. The molecule has 0 amide bonds. The van der Waals surface area contributed by atoms with Crippen molar-refractivity contribution < 1.29 is 0 Å². The van der Waals surface area contributed by atoms with Gasteiger partial charge in [-0.3, -0.25) is 0 Å². The van der Waals surface area contributed by atoms with E-state index >= 15 is 0 Å². The van der Waals surface area contributed by atoms with E-state index in [2.05, 4.69) is 23.3 Å². The molecule has 0 saturated heterocycles. The number of nitrogens with zero attached hydrogens (tertiary/aromatic N) is 2. The maximum atomic E-state index is 5.84. The second kappa shape index (κ2) is 3.76. The van der Waals surface area contributed by atoms with Gasteiger partial charge in [0.1, 0.15) is 0 Å². The van der Waals surface area contributed by atoms with Crippen LogP contribution in [0.3, 0.4) is 0 Å². The Kier molecular flexibility index (Phi) is 2.26. The Morgan fingerprint density at radius 2 is 2.31 bits per heavy atom. The second-order valence-corrected chi connectivity index (χ2v) is 4.27. The van der Waals surface area contributed by atoms with E-state index in [9.17, 15) is 0 Å². The van der Waals surface area contributed by atoms with Gasteiger partial charge >= 0.3 is 0 Å². The van der Waals surface area contributed by atoms with Gasteiger partial charge in [-0.15, -0.1) is 0 Å². The molecule has 3 heteroatoms. The minimum absolute atomic E-state index is 0.496. The van der Waals surface area contributed by atoms with Crippen LogP contribution in [0.2, 0.25) is 0 Å². The van der Waals surface area contributed by atoms with Crippen molar-refractivity contribution in [1.29, 1.82) is 0 Å². The number of fused-ring (bicyclic) bond motifs is 1.